The van der Waals surface area contributed by atoms with Crippen LogP contribution in [0, 0.1) is 0 Å². The number of benzene rings is 14. The molecule has 20 rings (SSSR count). The van der Waals surface area contributed by atoms with Crippen molar-refractivity contribution in [3.63, 3.8) is 0 Å². The molecule has 0 N–H and O–H groups in total. The van der Waals surface area contributed by atoms with Gasteiger partial charge in [0.05, 0.1) is 11.1 Å². The molecule has 106 heavy (non-hydrogen) atoms. The number of hydrogen-bond acceptors (Lipinski definition) is 6. The highest BCUT2D eigenvalue weighted by Gasteiger charge is 2.40. The van der Waals surface area contributed by atoms with Crippen LogP contribution in [-0.4, -0.2) is 0 Å². The van der Waals surface area contributed by atoms with Crippen LogP contribution in [-0.2, 0) is 21.7 Å². The lowest BCUT2D eigenvalue weighted by atomic mass is 9.82. The maximum atomic E-state index is 7.91. The standard InChI is InChI=1S/C100H78N2O4/c1-97(2,3)67-37-27-63(28-38-67)89-79-51-49-76-75(93(79)105-95(89)101(69-41-31-61(32-42-69)87-55-65-21-13-17-25-85(65)103-87)71-45-47-77-83(57-71)99(7,8)81-53-35-59-19-11-15-23-73(59)91(77)81)50-52-80-90(64-29-39-68(40-30-64)98(4,5)6)96(106-94(76)80)102(70-43-33-62(34-44-70)88-56-66-22-14-18-26-86(66)104-88)72-46-48-78-84(58-72)100(9,10)82-54-36-60-20-12-16-24-74(60)92(78)82/h11-58H,1-10H3. The van der Waals surface area contributed by atoms with Gasteiger partial charge in [-0.3, -0.25) is 9.80 Å². The Bertz CT molecular complexity index is 6170. The molecule has 0 radical (unpaired) electrons. The average molecular weight is 1370 g/mol. The van der Waals surface area contributed by atoms with E-state index in [4.69, 9.17) is 17.7 Å². The first-order valence-electron chi connectivity index (χ1n) is 37.1. The predicted molar refractivity (Wildman–Crippen MR) is 442 cm³/mol. The van der Waals surface area contributed by atoms with Gasteiger partial charge >= 0.3 is 0 Å². The van der Waals surface area contributed by atoms with E-state index in [1.54, 1.807) is 0 Å². The van der Waals surface area contributed by atoms with Crippen molar-refractivity contribution >= 4 is 111 Å². The van der Waals surface area contributed by atoms with Gasteiger partial charge in [0, 0.05) is 77.0 Å². The SMILES string of the molecule is CC(C)(C)c1ccc(-c2c(N(c3ccc(-c4cc5ccccc5o4)cc3)c3ccc4c(c3)C(C)(C)c3ccc5ccccc5c3-4)oc3c2ccc2c3ccc3c(-c4ccc(C(C)(C)C)cc4)c(N(c4ccc(-c5cc6ccccc6o5)cc4)c4ccc5c(c4)C(C)(C)c4ccc6ccccc6c4-5)oc32)cc1. The van der Waals surface area contributed by atoms with E-state index in [1.165, 1.54) is 77.2 Å². The van der Waals surface area contributed by atoms with Crippen molar-refractivity contribution in [1.29, 1.82) is 0 Å². The van der Waals surface area contributed by atoms with Gasteiger partial charge in [-0.05, 0) is 220 Å². The third-order valence-corrected chi connectivity index (χ3v) is 23.2. The lowest BCUT2D eigenvalue weighted by Crippen LogP contribution is -2.16. The Labute approximate surface area is 617 Å². The molecule has 2 aliphatic carbocycles. The maximum absolute atomic E-state index is 7.91. The Hall–Kier alpha value is -12.4. The first kappa shape index (κ1) is 63.3. The third kappa shape index (κ3) is 9.76. The Morgan fingerprint density at radius 1 is 0.264 bits per heavy atom. The zero-order valence-corrected chi connectivity index (χ0v) is 61.2. The Balaban J connectivity index is 0.825. The molecule has 4 aromatic heterocycles. The molecular formula is C100H78N2O4. The van der Waals surface area contributed by atoms with Crippen molar-refractivity contribution in [3.8, 4) is 67.2 Å². The van der Waals surface area contributed by atoms with Gasteiger partial charge in [0.2, 0.25) is 11.8 Å². The van der Waals surface area contributed by atoms with Crippen molar-refractivity contribution in [1.82, 2.24) is 0 Å². The van der Waals surface area contributed by atoms with E-state index in [1.807, 2.05) is 24.3 Å². The van der Waals surface area contributed by atoms with Crippen molar-refractivity contribution in [2.24, 2.45) is 0 Å². The predicted octanol–water partition coefficient (Wildman–Crippen LogP) is 28.9. The number of anilines is 6. The number of fused-ring (bicyclic) bond motifs is 17. The summed E-state index contributed by atoms with van der Waals surface area (Å²) in [6, 6.07) is 107. The van der Waals surface area contributed by atoms with Crippen LogP contribution in [0.4, 0.5) is 34.5 Å². The van der Waals surface area contributed by atoms with Gasteiger partial charge in [-0.25, -0.2) is 0 Å². The van der Waals surface area contributed by atoms with E-state index in [9.17, 15) is 0 Å². The summed E-state index contributed by atoms with van der Waals surface area (Å²) in [6.45, 7) is 23.1. The summed E-state index contributed by atoms with van der Waals surface area (Å²) in [5.74, 6) is 3.03. The summed E-state index contributed by atoms with van der Waals surface area (Å²) in [6.07, 6.45) is 0. The van der Waals surface area contributed by atoms with Gasteiger partial charge in [0.1, 0.15) is 33.9 Å². The van der Waals surface area contributed by atoms with Crippen molar-refractivity contribution in [3.05, 3.63) is 325 Å². The fourth-order valence-corrected chi connectivity index (χ4v) is 17.5. The quantitative estimate of drug-likeness (QED) is 0.136. The smallest absolute Gasteiger partial charge is 0.213 e. The second-order valence-corrected chi connectivity index (χ2v) is 32.4. The summed E-state index contributed by atoms with van der Waals surface area (Å²) in [5, 5.41) is 11.0. The molecule has 0 fully saturated rings. The topological polar surface area (TPSA) is 59.0 Å². The molecule has 6 heteroatoms. The first-order chi connectivity index (χ1) is 51.3. The molecule has 0 aliphatic heterocycles. The van der Waals surface area contributed by atoms with Gasteiger partial charge in [-0.2, -0.15) is 0 Å². The normalized spacial score (nSPS) is 13.7. The van der Waals surface area contributed by atoms with Crippen LogP contribution in [0.5, 0.6) is 0 Å². The molecule has 6 nitrogen and oxygen atoms in total. The van der Waals surface area contributed by atoms with Gasteiger partial charge < -0.3 is 17.7 Å². The number of hydrogen-bond donors (Lipinski definition) is 0. The van der Waals surface area contributed by atoms with Gasteiger partial charge in [0.25, 0.3) is 0 Å². The summed E-state index contributed by atoms with van der Waals surface area (Å²) < 4.78 is 28.9. The fourth-order valence-electron chi connectivity index (χ4n) is 17.5. The van der Waals surface area contributed by atoms with Crippen molar-refractivity contribution in [2.75, 3.05) is 9.80 Å². The Morgan fingerprint density at radius 2 is 0.613 bits per heavy atom. The summed E-state index contributed by atoms with van der Waals surface area (Å²) in [5.41, 5.74) is 25.1. The number of rotatable bonds is 10. The van der Waals surface area contributed by atoms with E-state index < -0.39 is 0 Å². The first-order valence-corrected chi connectivity index (χ1v) is 37.1. The zero-order chi connectivity index (χ0) is 71.9. The third-order valence-electron chi connectivity index (χ3n) is 23.2. The Kier molecular flexibility index (Phi) is 13.8. The second kappa shape index (κ2) is 23.1. The second-order valence-electron chi connectivity index (χ2n) is 32.4. The van der Waals surface area contributed by atoms with Crippen molar-refractivity contribution in [2.45, 2.75) is 90.9 Å². The van der Waals surface area contributed by atoms with Crippen molar-refractivity contribution < 1.29 is 17.7 Å². The molecule has 14 aromatic carbocycles. The summed E-state index contributed by atoms with van der Waals surface area (Å²) in [7, 11) is 0. The lowest BCUT2D eigenvalue weighted by molar-refractivity contribution is 0.590. The number of para-hydroxylation sites is 2. The highest BCUT2D eigenvalue weighted by molar-refractivity contribution is 6.21. The molecule has 4 heterocycles. The van der Waals surface area contributed by atoms with E-state index >= 15 is 0 Å². The number of furan rings is 4. The molecule has 18 aromatic rings. The van der Waals surface area contributed by atoms with Crippen LogP contribution >= 0.6 is 0 Å². The summed E-state index contributed by atoms with van der Waals surface area (Å²) >= 11 is 0. The minimum atomic E-state index is -0.315. The number of nitrogens with zero attached hydrogens (tertiary/aromatic N) is 2. The van der Waals surface area contributed by atoms with Gasteiger partial charge in [0.15, 0.2) is 0 Å². The molecule has 0 saturated carbocycles. The fraction of sp³-hybridized carbons (Fsp3) is 0.140. The summed E-state index contributed by atoms with van der Waals surface area (Å²) in [4.78, 5) is 4.69. The van der Waals surface area contributed by atoms with E-state index in [0.29, 0.717) is 11.8 Å². The van der Waals surface area contributed by atoms with Crippen LogP contribution in [0.15, 0.2) is 309 Å². The molecule has 0 unspecified atom stereocenters. The van der Waals surface area contributed by atoms with E-state index in [-0.39, 0.29) is 21.7 Å². The minimum absolute atomic E-state index is 0.0721. The molecule has 512 valence electrons. The van der Waals surface area contributed by atoms with Crippen LogP contribution in [0.25, 0.3) is 143 Å². The molecular weight excluding hydrogens is 1290 g/mol. The average Bonchev–Trinajstić information content (AvgIpc) is 1.56. The van der Waals surface area contributed by atoms with Crippen LogP contribution in [0.2, 0.25) is 0 Å². The molecule has 0 amide bonds. The van der Waals surface area contributed by atoms with E-state index in [2.05, 4.69) is 346 Å². The monoisotopic (exact) mass is 1370 g/mol. The molecule has 0 atom stereocenters. The molecule has 0 spiro atoms. The minimum Gasteiger partial charge on any atom is -0.456 e. The molecule has 0 saturated heterocycles. The van der Waals surface area contributed by atoms with E-state index in [0.717, 1.165) is 122 Å². The van der Waals surface area contributed by atoms with Crippen LogP contribution in [0.3, 0.4) is 0 Å². The lowest BCUT2D eigenvalue weighted by Gasteiger charge is -2.27. The highest BCUT2D eigenvalue weighted by atomic mass is 16.4. The van der Waals surface area contributed by atoms with Gasteiger partial charge in [-0.15, -0.1) is 0 Å². The zero-order valence-electron chi connectivity index (χ0n) is 61.2. The highest BCUT2D eigenvalue weighted by Crippen LogP contribution is 2.58. The Morgan fingerprint density at radius 3 is 1.00 bits per heavy atom. The van der Waals surface area contributed by atoms with Crippen LogP contribution < -0.4 is 9.80 Å². The largest absolute Gasteiger partial charge is 0.456 e. The maximum Gasteiger partial charge on any atom is 0.213 e. The molecule has 2 aliphatic rings. The van der Waals surface area contributed by atoms with Gasteiger partial charge in [-0.1, -0.05) is 239 Å². The van der Waals surface area contributed by atoms with Crippen LogP contribution in [0.1, 0.15) is 103 Å². The molecule has 0 bridgehead atoms.